The van der Waals surface area contributed by atoms with Crippen LogP contribution in [0.2, 0.25) is 0 Å². The van der Waals surface area contributed by atoms with Gasteiger partial charge in [0, 0.05) is 18.8 Å². The van der Waals surface area contributed by atoms with E-state index in [0.29, 0.717) is 6.42 Å². The number of carboxylic acid groups (broad SMARTS) is 1. The van der Waals surface area contributed by atoms with Crippen LogP contribution >= 0.6 is 0 Å². The molecule has 0 saturated carbocycles. The van der Waals surface area contributed by atoms with Crippen molar-refractivity contribution in [2.45, 2.75) is 33.2 Å². The summed E-state index contributed by atoms with van der Waals surface area (Å²) in [5.41, 5.74) is 3.10. The number of amides is 1. The van der Waals surface area contributed by atoms with Gasteiger partial charge in [-0.15, -0.1) is 0 Å². The number of hydrogen-bond donors (Lipinski definition) is 2. The number of carboxylic acids is 1. The second kappa shape index (κ2) is 6.05. The maximum atomic E-state index is 12.0. The first-order valence-corrected chi connectivity index (χ1v) is 6.92. The summed E-state index contributed by atoms with van der Waals surface area (Å²) in [6, 6.07) is 2.48. The van der Waals surface area contributed by atoms with Gasteiger partial charge < -0.3 is 14.8 Å². The van der Waals surface area contributed by atoms with Crippen LogP contribution in [0.3, 0.4) is 0 Å². The molecule has 0 unspecified atom stereocenters. The quantitative estimate of drug-likeness (QED) is 0.876. The van der Waals surface area contributed by atoms with Crippen molar-refractivity contribution in [1.82, 2.24) is 15.1 Å². The molecule has 0 aliphatic rings. The van der Waals surface area contributed by atoms with E-state index in [1.165, 1.54) is 12.1 Å². The molecule has 2 aromatic rings. The zero-order valence-electron chi connectivity index (χ0n) is 13.0. The smallest absolute Gasteiger partial charge is 0.371 e. The lowest BCUT2D eigenvalue weighted by Crippen LogP contribution is -2.34. The van der Waals surface area contributed by atoms with E-state index in [2.05, 4.69) is 10.4 Å². The average molecular weight is 305 g/mol. The summed E-state index contributed by atoms with van der Waals surface area (Å²) in [5, 5.41) is 15.9. The largest absolute Gasteiger partial charge is 0.475 e. The fraction of sp³-hybridized carbons (Fsp3) is 0.400. The van der Waals surface area contributed by atoms with Crippen molar-refractivity contribution >= 4 is 11.9 Å². The third-order valence-electron chi connectivity index (χ3n) is 3.59. The monoisotopic (exact) mass is 305 g/mol. The Hall–Kier alpha value is -2.57. The molecule has 7 nitrogen and oxygen atoms in total. The molecule has 22 heavy (non-hydrogen) atoms. The van der Waals surface area contributed by atoms with Crippen molar-refractivity contribution in [2.24, 2.45) is 7.05 Å². The molecule has 2 heterocycles. The Bertz CT molecular complexity index is 714. The highest BCUT2D eigenvalue weighted by atomic mass is 16.4. The number of carbonyl (C=O) groups is 2. The molecule has 0 aliphatic carbocycles. The summed E-state index contributed by atoms with van der Waals surface area (Å²) in [6.07, 6.45) is 0.643. The number of carbonyl (C=O) groups excluding carboxylic acids is 1. The van der Waals surface area contributed by atoms with Gasteiger partial charge in [0.2, 0.25) is 5.76 Å². The lowest BCUT2D eigenvalue weighted by atomic mass is 10.1. The Labute approximate surface area is 127 Å². The third-order valence-corrected chi connectivity index (χ3v) is 3.59. The van der Waals surface area contributed by atoms with Crippen LogP contribution in [0.1, 0.15) is 45.0 Å². The van der Waals surface area contributed by atoms with E-state index in [1.807, 2.05) is 32.5 Å². The zero-order valence-corrected chi connectivity index (χ0v) is 13.0. The molecule has 0 spiro atoms. The molecular formula is C15H19N3O4. The van der Waals surface area contributed by atoms with E-state index >= 15 is 0 Å². The van der Waals surface area contributed by atoms with Crippen molar-refractivity contribution in [3.8, 4) is 0 Å². The second-order valence-corrected chi connectivity index (χ2v) is 5.32. The molecule has 7 heteroatoms. The second-order valence-electron chi connectivity index (χ2n) is 5.32. The molecule has 2 rings (SSSR count). The lowest BCUT2D eigenvalue weighted by Gasteiger charge is -2.13. The van der Waals surface area contributed by atoms with E-state index in [4.69, 9.17) is 9.52 Å². The summed E-state index contributed by atoms with van der Waals surface area (Å²) in [5.74, 6) is -1.89. The summed E-state index contributed by atoms with van der Waals surface area (Å²) >= 11 is 0. The molecule has 0 saturated heterocycles. The molecular weight excluding hydrogens is 286 g/mol. The lowest BCUT2D eigenvalue weighted by molar-refractivity contribution is 0.0659. The number of furan rings is 1. The van der Waals surface area contributed by atoms with Crippen LogP contribution in [0.5, 0.6) is 0 Å². The number of rotatable bonds is 5. The molecule has 118 valence electrons. The minimum absolute atomic E-state index is 0.0103. The number of nitrogens with one attached hydrogen (secondary N) is 1. The molecule has 0 bridgehead atoms. The predicted molar refractivity (Wildman–Crippen MR) is 79.0 cm³/mol. The van der Waals surface area contributed by atoms with E-state index in [-0.39, 0.29) is 17.6 Å². The van der Waals surface area contributed by atoms with E-state index < -0.39 is 11.9 Å². The van der Waals surface area contributed by atoms with Crippen molar-refractivity contribution in [1.29, 1.82) is 0 Å². The Morgan fingerprint density at radius 1 is 1.36 bits per heavy atom. The van der Waals surface area contributed by atoms with Crippen molar-refractivity contribution in [3.05, 3.63) is 40.6 Å². The Kier molecular flexibility index (Phi) is 4.35. The highest BCUT2D eigenvalue weighted by Gasteiger charge is 2.18. The molecule has 0 radical (unpaired) electrons. The van der Waals surface area contributed by atoms with Crippen LogP contribution in [-0.2, 0) is 13.5 Å². The minimum atomic E-state index is -1.20. The zero-order chi connectivity index (χ0) is 16.4. The van der Waals surface area contributed by atoms with Crippen LogP contribution in [-0.4, -0.2) is 32.8 Å². The van der Waals surface area contributed by atoms with E-state index in [0.717, 1.165) is 17.0 Å². The van der Waals surface area contributed by atoms with Crippen LogP contribution in [0.4, 0.5) is 0 Å². The van der Waals surface area contributed by atoms with Gasteiger partial charge in [0.05, 0.1) is 5.69 Å². The van der Waals surface area contributed by atoms with E-state index in [9.17, 15) is 9.59 Å². The van der Waals surface area contributed by atoms with Crippen molar-refractivity contribution in [3.63, 3.8) is 0 Å². The van der Waals surface area contributed by atoms with Gasteiger partial charge in [0.15, 0.2) is 5.76 Å². The van der Waals surface area contributed by atoms with Crippen LogP contribution in [0.25, 0.3) is 0 Å². The van der Waals surface area contributed by atoms with Crippen molar-refractivity contribution < 1.29 is 19.1 Å². The number of aromatic nitrogens is 2. The van der Waals surface area contributed by atoms with Gasteiger partial charge in [0.25, 0.3) is 5.91 Å². The van der Waals surface area contributed by atoms with Crippen LogP contribution in [0, 0.1) is 13.8 Å². The van der Waals surface area contributed by atoms with Gasteiger partial charge in [-0.1, -0.05) is 0 Å². The van der Waals surface area contributed by atoms with Crippen LogP contribution < -0.4 is 5.32 Å². The SMILES string of the molecule is Cc1nn(C)c(C)c1C[C@@H](C)NC(=O)c1ccc(C(=O)O)o1. The molecule has 2 aromatic heterocycles. The first kappa shape index (κ1) is 15.8. The number of aryl methyl sites for hydroxylation is 2. The number of nitrogens with zero attached hydrogens (tertiary/aromatic N) is 2. The number of aromatic carboxylic acids is 1. The third kappa shape index (κ3) is 3.19. The first-order chi connectivity index (χ1) is 10.3. The Morgan fingerprint density at radius 2 is 2.00 bits per heavy atom. The van der Waals surface area contributed by atoms with Gasteiger partial charge in [0.1, 0.15) is 0 Å². The minimum Gasteiger partial charge on any atom is -0.475 e. The predicted octanol–water partition coefficient (Wildman–Crippen LogP) is 1.69. The van der Waals surface area contributed by atoms with Gasteiger partial charge in [-0.05, 0) is 44.9 Å². The van der Waals surface area contributed by atoms with Crippen LogP contribution in [0.15, 0.2) is 16.5 Å². The molecule has 0 aromatic carbocycles. The Morgan fingerprint density at radius 3 is 2.50 bits per heavy atom. The summed E-state index contributed by atoms with van der Waals surface area (Å²) in [6.45, 7) is 5.79. The highest BCUT2D eigenvalue weighted by molar-refractivity contribution is 5.93. The van der Waals surface area contributed by atoms with E-state index in [1.54, 1.807) is 0 Å². The Balaban J connectivity index is 2.03. The topological polar surface area (TPSA) is 97.4 Å². The summed E-state index contributed by atoms with van der Waals surface area (Å²) in [7, 11) is 1.88. The van der Waals surface area contributed by atoms with Gasteiger partial charge in [-0.25, -0.2) is 4.79 Å². The molecule has 1 amide bonds. The van der Waals surface area contributed by atoms with Crippen molar-refractivity contribution in [2.75, 3.05) is 0 Å². The standard InChI is InChI=1S/C15H19N3O4/c1-8(7-11-9(2)17-18(4)10(11)3)16-14(19)12-5-6-13(22-12)15(20)21/h5-6,8H,7H2,1-4H3,(H,16,19)(H,20,21)/t8-/m1/s1. The fourth-order valence-corrected chi connectivity index (χ4v) is 2.34. The average Bonchev–Trinajstić information content (AvgIpc) is 3.01. The molecule has 0 fully saturated rings. The summed E-state index contributed by atoms with van der Waals surface area (Å²) in [4.78, 5) is 22.8. The van der Waals surface area contributed by atoms with Gasteiger partial charge in [-0.2, -0.15) is 5.10 Å². The normalized spacial score (nSPS) is 12.2. The molecule has 2 N–H and O–H groups in total. The number of hydrogen-bond acceptors (Lipinski definition) is 4. The van der Waals surface area contributed by atoms with Gasteiger partial charge >= 0.3 is 5.97 Å². The molecule has 1 atom stereocenters. The van der Waals surface area contributed by atoms with Gasteiger partial charge in [-0.3, -0.25) is 9.48 Å². The first-order valence-electron chi connectivity index (χ1n) is 6.92. The highest BCUT2D eigenvalue weighted by Crippen LogP contribution is 2.15. The molecule has 0 aliphatic heterocycles. The fourth-order valence-electron chi connectivity index (χ4n) is 2.34. The maximum absolute atomic E-state index is 12.0. The summed E-state index contributed by atoms with van der Waals surface area (Å²) < 4.78 is 6.79. The maximum Gasteiger partial charge on any atom is 0.371 e.